The highest BCUT2D eigenvalue weighted by molar-refractivity contribution is 5.40. The number of rotatable bonds is 4. The van der Waals surface area contributed by atoms with Crippen LogP contribution in [0, 0.1) is 17.3 Å². The quantitative estimate of drug-likeness (QED) is 0.566. The monoisotopic (exact) mass is 443 g/mol. The molecule has 2 aromatic rings. The summed E-state index contributed by atoms with van der Waals surface area (Å²) in [5.74, 6) is 2.84. The van der Waals surface area contributed by atoms with Crippen LogP contribution in [0.1, 0.15) is 67.2 Å². The van der Waals surface area contributed by atoms with E-state index in [1.807, 2.05) is 0 Å². The Bertz CT molecular complexity index is 987. The molecule has 5 rings (SSSR count). The second-order valence-corrected chi connectivity index (χ2v) is 10.2. The molecule has 172 valence electrons. The molecule has 0 saturated heterocycles. The molecule has 2 aromatic carbocycles. The molecular weight excluding hydrogens is 411 g/mol. The minimum atomic E-state index is -4.31. The number of benzene rings is 2. The van der Waals surface area contributed by atoms with Gasteiger partial charge in [-0.3, -0.25) is 0 Å². The average Bonchev–Trinajstić information content (AvgIpc) is 3.13. The highest BCUT2D eigenvalue weighted by Crippen LogP contribution is 2.61. The van der Waals surface area contributed by atoms with Gasteiger partial charge in [0.25, 0.3) is 0 Å². The maximum absolute atomic E-state index is 13.4. The fourth-order valence-corrected chi connectivity index (χ4v) is 7.21. The van der Waals surface area contributed by atoms with Crippen molar-refractivity contribution in [2.75, 3.05) is 7.11 Å². The van der Waals surface area contributed by atoms with Crippen molar-refractivity contribution in [3.05, 3.63) is 64.7 Å². The molecule has 0 spiro atoms. The zero-order valence-electron chi connectivity index (χ0n) is 18.8. The van der Waals surface area contributed by atoms with Crippen LogP contribution in [-0.2, 0) is 19.1 Å². The fourth-order valence-electron chi connectivity index (χ4n) is 7.21. The third-order valence-corrected chi connectivity index (χ3v) is 8.80. The summed E-state index contributed by atoms with van der Waals surface area (Å²) < 4.78 is 45.7. The van der Waals surface area contributed by atoms with E-state index in [1.165, 1.54) is 36.1 Å². The van der Waals surface area contributed by atoms with Crippen LogP contribution < -0.4 is 10.1 Å². The summed E-state index contributed by atoms with van der Waals surface area (Å²) in [4.78, 5) is 0. The predicted octanol–water partition coefficient (Wildman–Crippen LogP) is 6.73. The molecule has 0 unspecified atom stereocenters. The molecule has 3 aliphatic carbocycles. The molecule has 5 atom stereocenters. The van der Waals surface area contributed by atoms with Crippen LogP contribution in [0.2, 0.25) is 0 Å². The standard InChI is InChI=1S/C27H32F3NO/c1-26-14-13-21-20-10-8-19(32-2)15-17(20)7-9-22(21)24(26)11-12-25(26)31-16-18-5-3-4-6-23(18)27(28,29)30/h3-6,8,10,15,21-22,24-25,31H,7,9,11-14,16H2,1-2H3/t21-,22-,24+,25+,26+/m1/s1. The van der Waals surface area contributed by atoms with Crippen LogP contribution in [-0.4, -0.2) is 13.2 Å². The summed E-state index contributed by atoms with van der Waals surface area (Å²) in [6.07, 6.45) is 2.50. The van der Waals surface area contributed by atoms with Gasteiger partial charge in [0.05, 0.1) is 12.7 Å². The van der Waals surface area contributed by atoms with Crippen molar-refractivity contribution in [1.29, 1.82) is 0 Å². The Kier molecular flexibility index (Phi) is 5.51. The van der Waals surface area contributed by atoms with Crippen LogP contribution in [0.15, 0.2) is 42.5 Å². The molecule has 5 heteroatoms. The molecule has 0 bridgehead atoms. The molecule has 0 aliphatic heterocycles. The van der Waals surface area contributed by atoms with Gasteiger partial charge in [-0.15, -0.1) is 0 Å². The number of aryl methyl sites for hydroxylation is 1. The highest BCUT2D eigenvalue weighted by Gasteiger charge is 2.54. The number of hydrogen-bond acceptors (Lipinski definition) is 2. The van der Waals surface area contributed by atoms with E-state index in [-0.39, 0.29) is 18.0 Å². The topological polar surface area (TPSA) is 21.3 Å². The number of hydrogen-bond donors (Lipinski definition) is 1. The lowest BCUT2D eigenvalue weighted by atomic mass is 9.55. The Morgan fingerprint density at radius 1 is 1.06 bits per heavy atom. The Morgan fingerprint density at radius 2 is 1.88 bits per heavy atom. The molecule has 2 nitrogen and oxygen atoms in total. The fraction of sp³-hybridized carbons (Fsp3) is 0.556. The van der Waals surface area contributed by atoms with Crippen molar-refractivity contribution < 1.29 is 17.9 Å². The maximum Gasteiger partial charge on any atom is 0.416 e. The average molecular weight is 444 g/mol. The van der Waals surface area contributed by atoms with Crippen molar-refractivity contribution in [2.24, 2.45) is 17.3 Å². The van der Waals surface area contributed by atoms with E-state index in [0.717, 1.165) is 31.4 Å². The van der Waals surface area contributed by atoms with Crippen molar-refractivity contribution in [3.8, 4) is 5.75 Å². The van der Waals surface area contributed by atoms with Gasteiger partial charge in [0.1, 0.15) is 5.75 Å². The zero-order valence-corrected chi connectivity index (χ0v) is 18.8. The van der Waals surface area contributed by atoms with E-state index in [0.29, 0.717) is 23.3 Å². The van der Waals surface area contributed by atoms with Crippen LogP contribution in [0.25, 0.3) is 0 Å². The molecule has 0 amide bonds. The summed E-state index contributed by atoms with van der Waals surface area (Å²) in [7, 11) is 1.72. The number of fused-ring (bicyclic) bond motifs is 5. The summed E-state index contributed by atoms with van der Waals surface area (Å²) in [6.45, 7) is 2.66. The van der Waals surface area contributed by atoms with Crippen LogP contribution in [0.5, 0.6) is 5.75 Å². The zero-order chi connectivity index (χ0) is 22.5. The van der Waals surface area contributed by atoms with Gasteiger partial charge in [-0.25, -0.2) is 0 Å². The van der Waals surface area contributed by atoms with E-state index in [2.05, 4.69) is 30.4 Å². The van der Waals surface area contributed by atoms with E-state index >= 15 is 0 Å². The van der Waals surface area contributed by atoms with E-state index in [1.54, 1.807) is 19.2 Å². The number of alkyl halides is 3. The maximum atomic E-state index is 13.4. The second kappa shape index (κ2) is 8.09. The Morgan fingerprint density at radius 3 is 2.66 bits per heavy atom. The molecule has 2 fully saturated rings. The van der Waals surface area contributed by atoms with Gasteiger partial charge in [-0.2, -0.15) is 13.2 Å². The van der Waals surface area contributed by atoms with Crippen molar-refractivity contribution >= 4 is 0 Å². The summed E-state index contributed by atoms with van der Waals surface area (Å²) in [5.41, 5.74) is 2.92. The first kappa shape index (κ1) is 21.8. The van der Waals surface area contributed by atoms with Crippen molar-refractivity contribution in [1.82, 2.24) is 5.32 Å². The summed E-state index contributed by atoms with van der Waals surface area (Å²) in [6, 6.07) is 12.8. The number of ether oxygens (including phenoxy) is 1. The van der Waals surface area contributed by atoms with Gasteiger partial charge in [0, 0.05) is 12.6 Å². The highest BCUT2D eigenvalue weighted by atomic mass is 19.4. The summed E-state index contributed by atoms with van der Waals surface area (Å²) in [5, 5.41) is 3.56. The third kappa shape index (κ3) is 3.63. The number of halogens is 3. The minimum absolute atomic E-state index is 0.151. The van der Waals surface area contributed by atoms with Gasteiger partial charge < -0.3 is 10.1 Å². The lowest BCUT2D eigenvalue weighted by Gasteiger charge is -2.51. The smallest absolute Gasteiger partial charge is 0.416 e. The predicted molar refractivity (Wildman–Crippen MR) is 120 cm³/mol. The molecule has 2 saturated carbocycles. The molecule has 1 N–H and O–H groups in total. The lowest BCUT2D eigenvalue weighted by Crippen LogP contribution is -2.48. The second-order valence-electron chi connectivity index (χ2n) is 10.2. The molecule has 0 aromatic heterocycles. The van der Waals surface area contributed by atoms with Gasteiger partial charge in [-0.1, -0.05) is 31.2 Å². The third-order valence-electron chi connectivity index (χ3n) is 8.80. The van der Waals surface area contributed by atoms with E-state index in [9.17, 15) is 13.2 Å². The van der Waals surface area contributed by atoms with Crippen LogP contribution in [0.3, 0.4) is 0 Å². The van der Waals surface area contributed by atoms with Gasteiger partial charge >= 0.3 is 6.18 Å². The first-order chi connectivity index (χ1) is 15.3. The van der Waals surface area contributed by atoms with Crippen molar-refractivity contribution in [3.63, 3.8) is 0 Å². The molecule has 0 radical (unpaired) electrons. The van der Waals surface area contributed by atoms with E-state index in [4.69, 9.17) is 4.74 Å². The Labute approximate surface area is 188 Å². The molecular formula is C27H32F3NO. The van der Waals surface area contributed by atoms with Crippen LogP contribution >= 0.6 is 0 Å². The largest absolute Gasteiger partial charge is 0.497 e. The van der Waals surface area contributed by atoms with Crippen LogP contribution in [0.4, 0.5) is 13.2 Å². The first-order valence-corrected chi connectivity index (χ1v) is 11.9. The van der Waals surface area contributed by atoms with Gasteiger partial charge in [-0.05, 0) is 96.6 Å². The Balaban J connectivity index is 1.33. The van der Waals surface area contributed by atoms with Gasteiger partial charge in [0.15, 0.2) is 0 Å². The minimum Gasteiger partial charge on any atom is -0.497 e. The first-order valence-electron chi connectivity index (χ1n) is 11.9. The number of methoxy groups -OCH3 is 1. The normalized spacial score (nSPS) is 31.5. The van der Waals surface area contributed by atoms with Crippen molar-refractivity contribution in [2.45, 2.75) is 70.1 Å². The molecule has 3 aliphatic rings. The van der Waals surface area contributed by atoms with E-state index < -0.39 is 11.7 Å². The molecule has 0 heterocycles. The number of nitrogens with one attached hydrogen (secondary N) is 1. The lowest BCUT2D eigenvalue weighted by molar-refractivity contribution is -0.138. The van der Waals surface area contributed by atoms with Gasteiger partial charge in [0.2, 0.25) is 0 Å². The molecule has 32 heavy (non-hydrogen) atoms. The SMILES string of the molecule is COc1ccc2c(c1)CC[C@@H]1[C@@H]2CC[C@]2(C)[C@@H](NCc3ccccc3C(F)(F)F)CC[C@@H]12. The Hall–Kier alpha value is -2.01. The summed E-state index contributed by atoms with van der Waals surface area (Å²) >= 11 is 0.